The van der Waals surface area contributed by atoms with Crippen LogP contribution in [0.1, 0.15) is 88.7 Å². The molecular weight excluding hydrogens is 502 g/mol. The smallest absolute Gasteiger partial charge is 0.381 e. The van der Waals surface area contributed by atoms with E-state index < -0.39 is 15.0 Å². The van der Waals surface area contributed by atoms with Gasteiger partial charge >= 0.3 is 7.60 Å². The molecule has 0 saturated heterocycles. The number of unbranched alkanes of at least 4 members (excludes halogenated alkanes) is 2. The highest BCUT2D eigenvalue weighted by molar-refractivity contribution is 7.59. The van der Waals surface area contributed by atoms with Crippen LogP contribution in [0, 0.1) is 6.92 Å². The molecule has 2 saturated carbocycles. The van der Waals surface area contributed by atoms with Gasteiger partial charge in [-0.25, -0.2) is 4.57 Å². The van der Waals surface area contributed by atoms with Crippen molar-refractivity contribution in [2.75, 3.05) is 13.8 Å². The molecule has 0 spiro atoms. The molecule has 2 aromatic rings. The van der Waals surface area contributed by atoms with E-state index in [-0.39, 0.29) is 11.3 Å². The summed E-state index contributed by atoms with van der Waals surface area (Å²) in [6.45, 7) is 6.02. The molecule has 37 heavy (non-hydrogen) atoms. The Hall–Kier alpha value is -1.54. The summed E-state index contributed by atoms with van der Waals surface area (Å²) in [6.07, 6.45) is 12.0. The largest absolute Gasteiger partial charge is 0.442 e. The molecule has 5 nitrogen and oxygen atoms in total. The zero-order chi connectivity index (χ0) is 26.5. The summed E-state index contributed by atoms with van der Waals surface area (Å²) >= 11 is 0. The highest BCUT2D eigenvalue weighted by Crippen LogP contribution is 2.61. The summed E-state index contributed by atoms with van der Waals surface area (Å²) < 4.78 is 46.6. The highest BCUT2D eigenvalue weighted by atomic mass is 31.2. The van der Waals surface area contributed by atoms with Crippen LogP contribution in [0.4, 0.5) is 0 Å². The van der Waals surface area contributed by atoms with Gasteiger partial charge in [0.1, 0.15) is 11.5 Å². The number of benzene rings is 2. The van der Waals surface area contributed by atoms with Crippen molar-refractivity contribution >= 4 is 15.0 Å². The van der Waals surface area contributed by atoms with Gasteiger partial charge in [0.05, 0.1) is 11.2 Å². The lowest BCUT2D eigenvalue weighted by Crippen LogP contribution is -2.12. The van der Waals surface area contributed by atoms with E-state index in [2.05, 4.69) is 13.0 Å². The number of rotatable bonds is 12. The van der Waals surface area contributed by atoms with Crippen LogP contribution in [0.3, 0.4) is 0 Å². The van der Waals surface area contributed by atoms with Crippen molar-refractivity contribution in [1.29, 1.82) is 0 Å². The monoisotopic (exact) mass is 546 g/mol. The summed E-state index contributed by atoms with van der Waals surface area (Å²) in [4.78, 5) is 0. The Kier molecular flexibility index (Phi) is 9.65. The minimum Gasteiger partial charge on any atom is -0.442 e. The zero-order valence-corrected chi connectivity index (χ0v) is 24.8. The molecule has 4 rings (SSSR count). The fourth-order valence-electron chi connectivity index (χ4n) is 5.86. The molecule has 2 aromatic carbocycles. The first-order valence-corrected chi connectivity index (χ1v) is 17.9. The van der Waals surface area contributed by atoms with E-state index in [4.69, 9.17) is 13.6 Å². The van der Waals surface area contributed by atoms with Gasteiger partial charge in [-0.2, -0.15) is 0 Å². The quantitative estimate of drug-likeness (QED) is 0.196. The van der Waals surface area contributed by atoms with Gasteiger partial charge in [0, 0.05) is 19.4 Å². The maximum Gasteiger partial charge on any atom is 0.381 e. The minimum atomic E-state index is -3.40. The molecule has 7 heteroatoms. The predicted molar refractivity (Wildman–Crippen MR) is 154 cm³/mol. The second-order valence-electron chi connectivity index (χ2n) is 11.0. The number of aryl methyl sites for hydroxylation is 2. The Morgan fingerprint density at radius 1 is 0.865 bits per heavy atom. The summed E-state index contributed by atoms with van der Waals surface area (Å²) in [5, 5.41) is 0. The van der Waals surface area contributed by atoms with Crippen molar-refractivity contribution in [2.45, 2.75) is 102 Å². The topological polar surface area (TPSA) is 61.8 Å². The fraction of sp³-hybridized carbons (Fsp3) is 0.600. The van der Waals surface area contributed by atoms with Gasteiger partial charge in [-0.3, -0.25) is 4.57 Å². The van der Waals surface area contributed by atoms with E-state index >= 15 is 0 Å². The molecule has 0 heterocycles. The van der Waals surface area contributed by atoms with Crippen molar-refractivity contribution in [3.05, 3.63) is 47.5 Å². The van der Waals surface area contributed by atoms with Gasteiger partial charge in [0.25, 0.3) is 0 Å². The van der Waals surface area contributed by atoms with E-state index in [1.165, 1.54) is 7.11 Å². The maximum atomic E-state index is 14.0. The predicted octanol–water partition coefficient (Wildman–Crippen LogP) is 9.78. The minimum absolute atomic E-state index is 0.0783. The number of hydrogen-bond acceptors (Lipinski definition) is 5. The summed E-state index contributed by atoms with van der Waals surface area (Å²) in [7, 11) is -4.83. The van der Waals surface area contributed by atoms with E-state index in [0.717, 1.165) is 99.3 Å². The Morgan fingerprint density at radius 2 is 1.49 bits per heavy atom. The van der Waals surface area contributed by atoms with E-state index in [9.17, 15) is 9.13 Å². The fourth-order valence-corrected chi connectivity index (χ4v) is 9.78. The lowest BCUT2D eigenvalue weighted by molar-refractivity contribution is 0.310. The molecule has 0 aliphatic heterocycles. The van der Waals surface area contributed by atoms with Gasteiger partial charge in [-0.1, -0.05) is 75.3 Å². The van der Waals surface area contributed by atoms with E-state index in [1.807, 2.05) is 37.3 Å². The Bertz CT molecular complexity index is 1150. The first-order chi connectivity index (χ1) is 17.8. The van der Waals surface area contributed by atoms with Gasteiger partial charge < -0.3 is 13.6 Å². The molecule has 0 radical (unpaired) electrons. The lowest BCUT2D eigenvalue weighted by Gasteiger charge is -2.27. The molecule has 2 fully saturated rings. The lowest BCUT2D eigenvalue weighted by atomic mass is 9.98. The zero-order valence-electron chi connectivity index (χ0n) is 23.0. The molecule has 0 N–H and O–H groups in total. The van der Waals surface area contributed by atoms with Gasteiger partial charge in [0.15, 0.2) is 0 Å². The van der Waals surface area contributed by atoms with Gasteiger partial charge in [-0.05, 0) is 68.7 Å². The Labute approximate surface area is 223 Å². The van der Waals surface area contributed by atoms with Crippen LogP contribution in [0.2, 0.25) is 0 Å². The molecule has 2 unspecified atom stereocenters. The van der Waals surface area contributed by atoms with E-state index in [0.29, 0.717) is 11.5 Å². The highest BCUT2D eigenvalue weighted by Gasteiger charge is 2.40. The van der Waals surface area contributed by atoms with Crippen LogP contribution < -0.4 is 9.05 Å². The third-order valence-corrected chi connectivity index (χ3v) is 12.8. The third-order valence-electron chi connectivity index (χ3n) is 8.02. The van der Waals surface area contributed by atoms with Crippen LogP contribution in [-0.4, -0.2) is 25.1 Å². The first-order valence-electron chi connectivity index (χ1n) is 14.1. The first kappa shape index (κ1) is 28.5. The molecule has 0 bridgehead atoms. The Morgan fingerprint density at radius 3 is 2.08 bits per heavy atom. The second-order valence-corrected chi connectivity index (χ2v) is 16.1. The average Bonchev–Trinajstić information content (AvgIpc) is 3.59. The third kappa shape index (κ3) is 6.92. The summed E-state index contributed by atoms with van der Waals surface area (Å²) in [5.41, 5.74) is 3.75. The molecule has 204 valence electrons. The van der Waals surface area contributed by atoms with Crippen LogP contribution in [-0.2, 0) is 20.1 Å². The van der Waals surface area contributed by atoms with Crippen molar-refractivity contribution in [3.8, 4) is 22.6 Å². The van der Waals surface area contributed by atoms with Crippen LogP contribution in [0.5, 0.6) is 11.5 Å². The molecular formula is C30H44O5P2. The van der Waals surface area contributed by atoms with Crippen molar-refractivity contribution < 1.29 is 22.7 Å². The van der Waals surface area contributed by atoms with E-state index in [1.54, 1.807) is 6.66 Å². The maximum absolute atomic E-state index is 14.0. The number of hydrogen-bond donors (Lipinski definition) is 0. The molecule has 2 atom stereocenters. The van der Waals surface area contributed by atoms with Crippen molar-refractivity contribution in [1.82, 2.24) is 0 Å². The van der Waals surface area contributed by atoms with Crippen molar-refractivity contribution in [2.24, 2.45) is 0 Å². The molecule has 0 amide bonds. The standard InChI is InChI=1S/C30H44O5P2/c1-5-6-7-14-24-21-28(34-36(4,31)26-16-8-9-17-26)30(25-15-12-13-23(2)20-25)29(22-24)35-37(32,33-3)27-18-10-11-19-27/h12-13,15,20-22,26-27H,5-11,14,16-19H2,1-4H3. The van der Waals surface area contributed by atoms with Crippen LogP contribution >= 0.6 is 15.0 Å². The van der Waals surface area contributed by atoms with Crippen LogP contribution in [0.25, 0.3) is 11.1 Å². The SMILES string of the molecule is CCCCCc1cc(OP(C)(=O)C2CCCC2)c(-c2cccc(C)c2)c(OP(=O)(OC)C2CCCC2)c1. The summed E-state index contributed by atoms with van der Waals surface area (Å²) in [6, 6.07) is 12.2. The van der Waals surface area contributed by atoms with Crippen LogP contribution in [0.15, 0.2) is 36.4 Å². The van der Waals surface area contributed by atoms with Gasteiger partial charge in [-0.15, -0.1) is 0 Å². The molecule has 2 aliphatic carbocycles. The molecule has 0 aromatic heterocycles. The summed E-state index contributed by atoms with van der Waals surface area (Å²) in [5.74, 6) is 1.08. The normalized spacial score (nSPS) is 20.0. The van der Waals surface area contributed by atoms with Gasteiger partial charge in [0.2, 0.25) is 7.37 Å². The second kappa shape index (κ2) is 12.5. The Balaban J connectivity index is 1.84. The average molecular weight is 547 g/mol. The molecule has 2 aliphatic rings. The van der Waals surface area contributed by atoms with Crippen molar-refractivity contribution in [3.63, 3.8) is 0 Å².